The molecule has 0 bridgehead atoms. The van der Waals surface area contributed by atoms with Gasteiger partial charge in [0.2, 0.25) is 0 Å². The number of hydrogen-bond acceptors (Lipinski definition) is 1. The number of hydrogen-bond donors (Lipinski definition) is 1. The summed E-state index contributed by atoms with van der Waals surface area (Å²) in [6, 6.07) is 4.12. The standard InChI is InChI=1S/C12H17BrO/c1-5-12(4,14)10-6-9(3)11(13)7-8(10)2/h6-7,14H,5H2,1-4H3. The van der Waals surface area contributed by atoms with Crippen LogP contribution in [0.4, 0.5) is 0 Å². The molecule has 0 heterocycles. The van der Waals surface area contributed by atoms with E-state index in [-0.39, 0.29) is 0 Å². The molecule has 1 N–H and O–H groups in total. The van der Waals surface area contributed by atoms with Crippen molar-refractivity contribution >= 4 is 15.9 Å². The summed E-state index contributed by atoms with van der Waals surface area (Å²) in [5.74, 6) is 0. The van der Waals surface area contributed by atoms with Crippen LogP contribution in [-0.2, 0) is 5.60 Å². The van der Waals surface area contributed by atoms with Crippen molar-refractivity contribution in [3.8, 4) is 0 Å². The SMILES string of the molecule is CCC(C)(O)c1cc(C)c(Br)cc1C. The van der Waals surface area contributed by atoms with Crippen LogP contribution >= 0.6 is 15.9 Å². The van der Waals surface area contributed by atoms with E-state index >= 15 is 0 Å². The van der Waals surface area contributed by atoms with Gasteiger partial charge in [-0.05, 0) is 49.9 Å². The minimum atomic E-state index is -0.713. The number of aryl methyl sites for hydroxylation is 2. The Kier molecular flexibility index (Phi) is 3.38. The van der Waals surface area contributed by atoms with Gasteiger partial charge in [-0.3, -0.25) is 0 Å². The zero-order valence-corrected chi connectivity index (χ0v) is 10.8. The second-order valence-corrected chi connectivity index (χ2v) is 4.90. The molecule has 1 aromatic rings. The Labute approximate surface area is 94.3 Å². The van der Waals surface area contributed by atoms with E-state index in [2.05, 4.69) is 28.1 Å². The van der Waals surface area contributed by atoms with Crippen LogP contribution in [0.25, 0.3) is 0 Å². The summed E-state index contributed by atoms with van der Waals surface area (Å²) < 4.78 is 1.10. The van der Waals surface area contributed by atoms with Crippen molar-refractivity contribution in [2.75, 3.05) is 0 Å². The lowest BCUT2D eigenvalue weighted by Gasteiger charge is -2.24. The van der Waals surface area contributed by atoms with Crippen molar-refractivity contribution in [2.45, 2.75) is 39.7 Å². The van der Waals surface area contributed by atoms with Crippen molar-refractivity contribution in [1.82, 2.24) is 0 Å². The summed E-state index contributed by atoms with van der Waals surface area (Å²) in [6.45, 7) is 7.93. The van der Waals surface area contributed by atoms with E-state index in [1.165, 1.54) is 5.56 Å². The van der Waals surface area contributed by atoms with Gasteiger partial charge in [-0.1, -0.05) is 28.9 Å². The van der Waals surface area contributed by atoms with E-state index in [4.69, 9.17) is 0 Å². The predicted octanol–water partition coefficient (Wildman–Crippen LogP) is 3.68. The first-order valence-electron chi connectivity index (χ1n) is 4.88. The Balaban J connectivity index is 3.29. The van der Waals surface area contributed by atoms with Crippen molar-refractivity contribution in [3.63, 3.8) is 0 Å². The van der Waals surface area contributed by atoms with E-state index in [9.17, 15) is 5.11 Å². The maximum Gasteiger partial charge on any atom is 0.0868 e. The molecular weight excluding hydrogens is 240 g/mol. The zero-order chi connectivity index (χ0) is 10.9. The minimum Gasteiger partial charge on any atom is -0.385 e. The monoisotopic (exact) mass is 256 g/mol. The molecule has 1 atom stereocenters. The fraction of sp³-hybridized carbons (Fsp3) is 0.500. The van der Waals surface area contributed by atoms with Crippen LogP contribution in [0.15, 0.2) is 16.6 Å². The van der Waals surface area contributed by atoms with Crippen molar-refractivity contribution in [1.29, 1.82) is 0 Å². The van der Waals surface area contributed by atoms with Crippen LogP contribution in [0.5, 0.6) is 0 Å². The van der Waals surface area contributed by atoms with Gasteiger partial charge in [0.05, 0.1) is 5.60 Å². The lowest BCUT2D eigenvalue weighted by Crippen LogP contribution is -2.21. The molecule has 0 aliphatic rings. The molecule has 0 amide bonds. The number of rotatable bonds is 2. The summed E-state index contributed by atoms with van der Waals surface area (Å²) in [5.41, 5.74) is 2.62. The fourth-order valence-electron chi connectivity index (χ4n) is 1.55. The molecule has 0 aliphatic heterocycles. The smallest absolute Gasteiger partial charge is 0.0868 e. The number of halogens is 1. The van der Waals surface area contributed by atoms with E-state index in [1.54, 1.807) is 0 Å². The predicted molar refractivity (Wildman–Crippen MR) is 63.5 cm³/mol. The van der Waals surface area contributed by atoms with Gasteiger partial charge in [0, 0.05) is 4.47 Å². The third-order valence-corrected chi connectivity index (χ3v) is 3.63. The highest BCUT2D eigenvalue weighted by Crippen LogP contribution is 2.30. The number of benzene rings is 1. The van der Waals surface area contributed by atoms with Crippen molar-refractivity contribution in [3.05, 3.63) is 33.3 Å². The second kappa shape index (κ2) is 4.03. The normalized spacial score (nSPS) is 15.3. The molecule has 14 heavy (non-hydrogen) atoms. The van der Waals surface area contributed by atoms with Crippen LogP contribution in [0.2, 0.25) is 0 Å². The summed E-state index contributed by atoms with van der Waals surface area (Å²) >= 11 is 3.49. The van der Waals surface area contributed by atoms with Crippen LogP contribution in [0, 0.1) is 13.8 Å². The molecule has 0 fully saturated rings. The Bertz CT molecular complexity index is 342. The maximum absolute atomic E-state index is 10.2. The Morgan fingerprint density at radius 3 is 2.36 bits per heavy atom. The van der Waals surface area contributed by atoms with Gasteiger partial charge in [-0.2, -0.15) is 0 Å². The Hall–Kier alpha value is -0.340. The highest BCUT2D eigenvalue weighted by molar-refractivity contribution is 9.10. The summed E-state index contributed by atoms with van der Waals surface area (Å²) in [6.07, 6.45) is 0.731. The van der Waals surface area contributed by atoms with Crippen LogP contribution in [0.1, 0.15) is 37.0 Å². The summed E-state index contributed by atoms with van der Waals surface area (Å²) in [5, 5.41) is 10.2. The topological polar surface area (TPSA) is 20.2 Å². The number of aliphatic hydroxyl groups is 1. The molecule has 0 radical (unpaired) electrons. The van der Waals surface area contributed by atoms with E-state index in [1.807, 2.05) is 27.7 Å². The second-order valence-electron chi connectivity index (χ2n) is 4.04. The van der Waals surface area contributed by atoms with Gasteiger partial charge >= 0.3 is 0 Å². The van der Waals surface area contributed by atoms with Gasteiger partial charge in [-0.25, -0.2) is 0 Å². The molecule has 78 valence electrons. The molecule has 0 spiro atoms. The minimum absolute atomic E-state index is 0.713. The lowest BCUT2D eigenvalue weighted by molar-refractivity contribution is 0.0524. The largest absolute Gasteiger partial charge is 0.385 e. The molecule has 1 nitrogen and oxygen atoms in total. The fourth-order valence-corrected chi connectivity index (χ4v) is 2.01. The van der Waals surface area contributed by atoms with Gasteiger partial charge in [0.15, 0.2) is 0 Å². The molecular formula is C12H17BrO. The third kappa shape index (κ3) is 2.18. The van der Waals surface area contributed by atoms with Crippen LogP contribution < -0.4 is 0 Å². The first-order chi connectivity index (χ1) is 6.38. The van der Waals surface area contributed by atoms with Gasteiger partial charge < -0.3 is 5.11 Å². The van der Waals surface area contributed by atoms with Gasteiger partial charge in [0.25, 0.3) is 0 Å². The molecule has 1 aromatic carbocycles. The zero-order valence-electron chi connectivity index (χ0n) is 9.19. The average molecular weight is 257 g/mol. The van der Waals surface area contributed by atoms with Crippen molar-refractivity contribution < 1.29 is 5.11 Å². The van der Waals surface area contributed by atoms with Crippen molar-refractivity contribution in [2.24, 2.45) is 0 Å². The van der Waals surface area contributed by atoms with Gasteiger partial charge in [0.1, 0.15) is 0 Å². The van der Waals surface area contributed by atoms with Gasteiger partial charge in [-0.15, -0.1) is 0 Å². The highest BCUT2D eigenvalue weighted by atomic mass is 79.9. The van der Waals surface area contributed by atoms with E-state index in [0.29, 0.717) is 0 Å². The molecule has 0 aromatic heterocycles. The van der Waals surface area contributed by atoms with E-state index in [0.717, 1.165) is 22.0 Å². The molecule has 0 saturated carbocycles. The molecule has 0 saturated heterocycles. The van der Waals surface area contributed by atoms with Crippen LogP contribution in [-0.4, -0.2) is 5.11 Å². The summed E-state index contributed by atoms with van der Waals surface area (Å²) in [4.78, 5) is 0. The quantitative estimate of drug-likeness (QED) is 0.856. The first-order valence-corrected chi connectivity index (χ1v) is 5.67. The highest BCUT2D eigenvalue weighted by Gasteiger charge is 2.22. The lowest BCUT2D eigenvalue weighted by atomic mass is 9.89. The van der Waals surface area contributed by atoms with Crippen LogP contribution in [0.3, 0.4) is 0 Å². The Morgan fingerprint density at radius 1 is 1.29 bits per heavy atom. The maximum atomic E-state index is 10.2. The van der Waals surface area contributed by atoms with E-state index < -0.39 is 5.60 Å². The molecule has 2 heteroatoms. The average Bonchev–Trinajstić information content (AvgIpc) is 2.11. The third-order valence-electron chi connectivity index (χ3n) is 2.77. The molecule has 1 unspecified atom stereocenters. The summed E-state index contributed by atoms with van der Waals surface area (Å²) in [7, 11) is 0. The first kappa shape index (κ1) is 11.7. The Morgan fingerprint density at radius 2 is 1.86 bits per heavy atom. The molecule has 0 aliphatic carbocycles. The molecule has 1 rings (SSSR count).